The van der Waals surface area contributed by atoms with Gasteiger partial charge >= 0.3 is 0 Å². The predicted octanol–water partition coefficient (Wildman–Crippen LogP) is 4.26. The van der Waals surface area contributed by atoms with Crippen LogP contribution in [0.1, 0.15) is 67.2 Å². The summed E-state index contributed by atoms with van der Waals surface area (Å²) < 4.78 is 0. The van der Waals surface area contributed by atoms with Gasteiger partial charge in [-0.3, -0.25) is 0 Å². The molecule has 2 aliphatic heterocycles. The van der Waals surface area contributed by atoms with Gasteiger partial charge in [0.2, 0.25) is 0 Å². The lowest BCUT2D eigenvalue weighted by Crippen LogP contribution is -2.56. The molecule has 0 aromatic carbocycles. The van der Waals surface area contributed by atoms with Crippen LogP contribution in [0.4, 0.5) is 0 Å². The lowest BCUT2D eigenvalue weighted by Gasteiger charge is -2.58. The summed E-state index contributed by atoms with van der Waals surface area (Å²) in [5, 5.41) is 0. The topological polar surface area (TPSA) is 6.48 Å². The summed E-state index contributed by atoms with van der Waals surface area (Å²) >= 11 is 0. The lowest BCUT2D eigenvalue weighted by atomic mass is 9.50. The lowest BCUT2D eigenvalue weighted by molar-refractivity contribution is -0.0909. The van der Waals surface area contributed by atoms with E-state index in [9.17, 15) is 0 Å². The van der Waals surface area contributed by atoms with Gasteiger partial charge < -0.3 is 9.80 Å². The number of likely N-dealkylation sites (tertiary alicyclic amines) is 2. The number of rotatable bonds is 1. The Morgan fingerprint density at radius 3 is 1.57 bits per heavy atom. The van der Waals surface area contributed by atoms with Crippen molar-refractivity contribution in [2.24, 2.45) is 16.2 Å². The first kappa shape index (κ1) is 17.3. The van der Waals surface area contributed by atoms with Gasteiger partial charge in [-0.2, -0.15) is 0 Å². The van der Waals surface area contributed by atoms with E-state index in [1.807, 2.05) is 0 Å². The first-order chi connectivity index (χ1) is 9.57. The van der Waals surface area contributed by atoms with Crippen LogP contribution in [-0.4, -0.2) is 49.1 Å². The van der Waals surface area contributed by atoms with Crippen LogP contribution in [0, 0.1) is 16.2 Å². The van der Waals surface area contributed by atoms with Crippen LogP contribution in [0.15, 0.2) is 0 Å². The van der Waals surface area contributed by atoms with Crippen molar-refractivity contribution in [3.05, 3.63) is 0 Å². The fourth-order valence-electron chi connectivity index (χ4n) is 5.26. The van der Waals surface area contributed by atoms with Crippen molar-refractivity contribution in [1.29, 1.82) is 0 Å². The minimum Gasteiger partial charge on any atom is -0.306 e. The van der Waals surface area contributed by atoms with E-state index in [2.05, 4.69) is 58.4 Å². The normalized spacial score (nSPS) is 27.0. The molecule has 21 heavy (non-hydrogen) atoms. The second kappa shape index (κ2) is 5.85. The number of piperidine rings is 2. The van der Waals surface area contributed by atoms with Crippen LogP contribution in [0.5, 0.6) is 0 Å². The average Bonchev–Trinajstić information content (AvgIpc) is 2.37. The average molecular weight is 295 g/mol. The Bertz CT molecular complexity index is 316. The van der Waals surface area contributed by atoms with Crippen LogP contribution in [0.25, 0.3) is 0 Å². The van der Waals surface area contributed by atoms with Gasteiger partial charge in [0.05, 0.1) is 0 Å². The molecule has 2 fully saturated rings. The van der Waals surface area contributed by atoms with Crippen molar-refractivity contribution in [3.8, 4) is 0 Å². The Hall–Kier alpha value is -0.0800. The zero-order valence-corrected chi connectivity index (χ0v) is 15.6. The van der Waals surface area contributed by atoms with Gasteiger partial charge in [0.25, 0.3) is 0 Å². The molecule has 2 heterocycles. The monoisotopic (exact) mass is 294 g/mol. The number of hydrogen-bond acceptors (Lipinski definition) is 2. The minimum atomic E-state index is 0.393. The standard InChI is InChI=1S/C19H38N2/c1-17(2,3)19(18(4,5)6)10-14-21(15-11-19)16-8-12-20(7)13-9-16/h16H,8-15H2,1-7H3. The first-order valence-electron chi connectivity index (χ1n) is 8.99. The molecule has 0 aromatic rings. The third kappa shape index (κ3) is 3.32. The van der Waals surface area contributed by atoms with E-state index in [1.165, 1.54) is 51.9 Å². The van der Waals surface area contributed by atoms with Gasteiger partial charge in [0.15, 0.2) is 0 Å². The molecule has 2 nitrogen and oxygen atoms in total. The summed E-state index contributed by atoms with van der Waals surface area (Å²) in [6, 6.07) is 0.846. The van der Waals surface area contributed by atoms with Gasteiger partial charge in [-0.05, 0) is 75.2 Å². The molecule has 2 heteroatoms. The fraction of sp³-hybridized carbons (Fsp3) is 1.00. The van der Waals surface area contributed by atoms with Gasteiger partial charge in [0, 0.05) is 6.04 Å². The van der Waals surface area contributed by atoms with E-state index < -0.39 is 0 Å². The van der Waals surface area contributed by atoms with E-state index >= 15 is 0 Å². The first-order valence-corrected chi connectivity index (χ1v) is 8.99. The van der Waals surface area contributed by atoms with Crippen molar-refractivity contribution in [3.63, 3.8) is 0 Å². The van der Waals surface area contributed by atoms with Crippen LogP contribution in [0.3, 0.4) is 0 Å². The number of hydrogen-bond donors (Lipinski definition) is 0. The van der Waals surface area contributed by atoms with Crippen molar-refractivity contribution >= 4 is 0 Å². The molecule has 0 saturated carbocycles. The summed E-state index contributed by atoms with van der Waals surface area (Å²) in [5.74, 6) is 0. The molecule has 0 aliphatic carbocycles. The maximum Gasteiger partial charge on any atom is 0.0120 e. The smallest absolute Gasteiger partial charge is 0.0120 e. The van der Waals surface area contributed by atoms with Crippen LogP contribution in [0.2, 0.25) is 0 Å². The summed E-state index contributed by atoms with van der Waals surface area (Å²) in [5.41, 5.74) is 1.26. The van der Waals surface area contributed by atoms with E-state index in [0.717, 1.165) is 6.04 Å². The van der Waals surface area contributed by atoms with E-state index in [-0.39, 0.29) is 0 Å². The highest BCUT2D eigenvalue weighted by atomic mass is 15.2. The largest absolute Gasteiger partial charge is 0.306 e. The molecule has 0 aromatic heterocycles. The zero-order chi connectivity index (χ0) is 15.9. The Labute approximate surface area is 133 Å². The van der Waals surface area contributed by atoms with E-state index in [0.29, 0.717) is 16.2 Å². The zero-order valence-electron chi connectivity index (χ0n) is 15.6. The van der Waals surface area contributed by atoms with Crippen molar-refractivity contribution in [2.75, 3.05) is 33.2 Å². The summed E-state index contributed by atoms with van der Waals surface area (Å²) in [6.45, 7) is 20.0. The Morgan fingerprint density at radius 2 is 1.19 bits per heavy atom. The highest BCUT2D eigenvalue weighted by molar-refractivity contribution is 5.02. The Kier molecular flexibility index (Phi) is 4.81. The van der Waals surface area contributed by atoms with Gasteiger partial charge in [-0.25, -0.2) is 0 Å². The van der Waals surface area contributed by atoms with Gasteiger partial charge in [-0.1, -0.05) is 41.5 Å². The van der Waals surface area contributed by atoms with Crippen molar-refractivity contribution in [2.45, 2.75) is 73.3 Å². The van der Waals surface area contributed by atoms with Gasteiger partial charge in [-0.15, -0.1) is 0 Å². The highest BCUT2D eigenvalue weighted by Crippen LogP contribution is 2.57. The third-order valence-corrected chi connectivity index (χ3v) is 6.73. The molecule has 0 radical (unpaired) electrons. The maximum absolute atomic E-state index is 2.81. The highest BCUT2D eigenvalue weighted by Gasteiger charge is 2.51. The Balaban J connectivity index is 2.03. The third-order valence-electron chi connectivity index (χ3n) is 6.73. The molecule has 0 spiro atoms. The molecule has 0 atom stereocenters. The molecule has 2 saturated heterocycles. The summed E-state index contributed by atoms with van der Waals surface area (Å²) in [7, 11) is 2.26. The molecular weight excluding hydrogens is 256 g/mol. The fourth-order valence-corrected chi connectivity index (χ4v) is 5.26. The molecule has 124 valence electrons. The molecule has 2 rings (SSSR count). The van der Waals surface area contributed by atoms with Gasteiger partial charge in [0.1, 0.15) is 0 Å². The second-order valence-corrected chi connectivity index (χ2v) is 9.65. The van der Waals surface area contributed by atoms with E-state index in [1.54, 1.807) is 0 Å². The van der Waals surface area contributed by atoms with Crippen LogP contribution < -0.4 is 0 Å². The molecule has 0 unspecified atom stereocenters. The molecular formula is C19H38N2. The summed E-state index contributed by atoms with van der Waals surface area (Å²) in [4.78, 5) is 5.29. The van der Waals surface area contributed by atoms with Crippen LogP contribution in [-0.2, 0) is 0 Å². The molecule has 0 amide bonds. The van der Waals surface area contributed by atoms with Crippen LogP contribution >= 0.6 is 0 Å². The molecule has 0 bridgehead atoms. The SMILES string of the molecule is CN1CCC(N2CCC(C(C)(C)C)(C(C)(C)C)CC2)CC1. The van der Waals surface area contributed by atoms with Crippen molar-refractivity contribution < 1.29 is 0 Å². The molecule has 0 N–H and O–H groups in total. The second-order valence-electron chi connectivity index (χ2n) is 9.65. The Morgan fingerprint density at radius 1 is 0.762 bits per heavy atom. The quantitative estimate of drug-likeness (QED) is 0.713. The minimum absolute atomic E-state index is 0.393. The predicted molar refractivity (Wildman–Crippen MR) is 92.7 cm³/mol. The number of nitrogens with zero attached hydrogens (tertiary/aromatic N) is 2. The summed E-state index contributed by atoms with van der Waals surface area (Å²) in [6.07, 6.45) is 5.47. The van der Waals surface area contributed by atoms with Crippen molar-refractivity contribution in [1.82, 2.24) is 9.80 Å². The molecule has 2 aliphatic rings. The maximum atomic E-state index is 2.81. The van der Waals surface area contributed by atoms with E-state index in [4.69, 9.17) is 0 Å².